The zero-order chi connectivity index (χ0) is 24.7. The molecule has 0 fully saturated rings. The molecule has 0 N–H and O–H groups in total. The van der Waals surface area contributed by atoms with Crippen LogP contribution in [0.15, 0.2) is 52.4 Å². The van der Waals surface area contributed by atoms with Gasteiger partial charge in [0.05, 0.1) is 28.3 Å². The molecular formula is C23H28FN3O5S2. The van der Waals surface area contributed by atoms with Gasteiger partial charge in [0.15, 0.2) is 4.80 Å². The van der Waals surface area contributed by atoms with Crippen LogP contribution in [0.4, 0.5) is 4.39 Å². The van der Waals surface area contributed by atoms with Gasteiger partial charge < -0.3 is 14.0 Å². The molecule has 0 aliphatic carbocycles. The number of methoxy groups -OCH3 is 2. The summed E-state index contributed by atoms with van der Waals surface area (Å²) >= 11 is 1.24. The Kier molecular flexibility index (Phi) is 9.09. The molecule has 0 aliphatic heterocycles. The lowest BCUT2D eigenvalue weighted by atomic mass is 10.2. The third-order valence-corrected chi connectivity index (χ3v) is 8.07. The van der Waals surface area contributed by atoms with Crippen molar-refractivity contribution in [1.82, 2.24) is 8.87 Å². The van der Waals surface area contributed by atoms with Gasteiger partial charge >= 0.3 is 0 Å². The number of sulfonamides is 1. The standard InChI is InChI=1S/C23H28FN3O5S2/c1-4-11-27-20-10-7-18(24)16-21(20)33-23(27)25-22(28)17-5-8-19(9-6-17)34(29,30)26(12-14-31-2)13-15-32-3/h5-10,16H,4,11-15H2,1-3H3. The van der Waals surface area contributed by atoms with Crippen LogP contribution in [-0.2, 0) is 26.0 Å². The molecule has 0 atom stereocenters. The second-order valence-electron chi connectivity index (χ2n) is 7.48. The highest BCUT2D eigenvalue weighted by atomic mass is 32.2. The maximum Gasteiger partial charge on any atom is 0.279 e. The van der Waals surface area contributed by atoms with Crippen molar-refractivity contribution < 1.29 is 27.1 Å². The average Bonchev–Trinajstić information content (AvgIpc) is 3.15. The number of aryl methyl sites for hydroxylation is 1. The van der Waals surface area contributed by atoms with Gasteiger partial charge in [-0.2, -0.15) is 9.30 Å². The monoisotopic (exact) mass is 509 g/mol. The van der Waals surface area contributed by atoms with Crippen molar-refractivity contribution >= 4 is 37.5 Å². The zero-order valence-corrected chi connectivity index (χ0v) is 21.0. The molecule has 0 bridgehead atoms. The summed E-state index contributed by atoms with van der Waals surface area (Å²) in [4.78, 5) is 17.6. The van der Waals surface area contributed by atoms with Gasteiger partial charge in [-0.3, -0.25) is 4.79 Å². The number of hydrogen-bond acceptors (Lipinski definition) is 6. The van der Waals surface area contributed by atoms with E-state index in [1.165, 1.54) is 66.3 Å². The molecule has 11 heteroatoms. The number of halogens is 1. The van der Waals surface area contributed by atoms with Gasteiger partial charge in [0.1, 0.15) is 5.82 Å². The number of hydrogen-bond donors (Lipinski definition) is 0. The molecule has 8 nitrogen and oxygen atoms in total. The Morgan fingerprint density at radius 1 is 1.09 bits per heavy atom. The van der Waals surface area contributed by atoms with E-state index in [9.17, 15) is 17.6 Å². The van der Waals surface area contributed by atoms with Gasteiger partial charge in [0.25, 0.3) is 5.91 Å². The highest BCUT2D eigenvalue weighted by molar-refractivity contribution is 7.89. The third kappa shape index (κ3) is 5.97. The molecule has 34 heavy (non-hydrogen) atoms. The molecule has 1 amide bonds. The summed E-state index contributed by atoms with van der Waals surface area (Å²) in [6, 6.07) is 10.2. The first-order valence-electron chi connectivity index (χ1n) is 10.8. The van der Waals surface area contributed by atoms with E-state index in [1.54, 1.807) is 6.07 Å². The van der Waals surface area contributed by atoms with Crippen molar-refractivity contribution in [1.29, 1.82) is 0 Å². The number of fused-ring (bicyclic) bond motifs is 1. The summed E-state index contributed by atoms with van der Waals surface area (Å²) in [5.41, 5.74) is 1.07. The van der Waals surface area contributed by atoms with Crippen LogP contribution in [-0.4, -0.2) is 63.7 Å². The Bertz CT molecular complexity index is 1290. The number of benzene rings is 2. The van der Waals surface area contributed by atoms with Gasteiger partial charge in [-0.25, -0.2) is 12.8 Å². The summed E-state index contributed by atoms with van der Waals surface area (Å²) in [5, 5.41) is 0. The summed E-state index contributed by atoms with van der Waals surface area (Å²) < 4.78 is 53.6. The molecule has 0 unspecified atom stereocenters. The van der Waals surface area contributed by atoms with E-state index < -0.39 is 15.9 Å². The van der Waals surface area contributed by atoms with E-state index in [-0.39, 0.29) is 42.6 Å². The number of carbonyl (C=O) groups excluding carboxylic acids is 1. The van der Waals surface area contributed by atoms with E-state index in [0.29, 0.717) is 16.0 Å². The van der Waals surface area contributed by atoms with E-state index in [2.05, 4.69) is 4.99 Å². The second kappa shape index (κ2) is 11.8. The van der Waals surface area contributed by atoms with Crippen LogP contribution in [0.5, 0.6) is 0 Å². The summed E-state index contributed by atoms with van der Waals surface area (Å²) in [6.07, 6.45) is 0.819. The van der Waals surface area contributed by atoms with Crippen LogP contribution in [0.1, 0.15) is 23.7 Å². The molecule has 0 saturated carbocycles. The third-order valence-electron chi connectivity index (χ3n) is 5.12. The fraction of sp³-hybridized carbons (Fsp3) is 0.391. The van der Waals surface area contributed by atoms with Gasteiger partial charge in [-0.15, -0.1) is 0 Å². The topological polar surface area (TPSA) is 90.2 Å². The highest BCUT2D eigenvalue weighted by Crippen LogP contribution is 2.20. The Morgan fingerprint density at radius 2 is 1.74 bits per heavy atom. The molecule has 184 valence electrons. The van der Waals surface area contributed by atoms with Crippen molar-refractivity contribution in [3.63, 3.8) is 0 Å². The Labute approximate surface area is 202 Å². The molecule has 1 aromatic heterocycles. The molecule has 0 saturated heterocycles. The number of carbonyl (C=O) groups is 1. The largest absolute Gasteiger partial charge is 0.383 e. The SMILES string of the molecule is CCCn1c(=NC(=O)c2ccc(S(=O)(=O)N(CCOC)CCOC)cc2)sc2cc(F)ccc21. The number of nitrogens with zero attached hydrogens (tertiary/aromatic N) is 3. The van der Waals surface area contributed by atoms with E-state index in [4.69, 9.17) is 9.47 Å². The predicted octanol–water partition coefficient (Wildman–Crippen LogP) is 3.28. The van der Waals surface area contributed by atoms with Gasteiger partial charge in [-0.05, 0) is 48.9 Å². The lowest BCUT2D eigenvalue weighted by Gasteiger charge is -2.21. The number of ether oxygens (including phenoxy) is 2. The van der Waals surface area contributed by atoms with Crippen molar-refractivity contribution in [2.45, 2.75) is 24.8 Å². The number of amides is 1. The molecule has 3 rings (SSSR count). The summed E-state index contributed by atoms with van der Waals surface area (Å²) in [6.45, 7) is 3.50. The van der Waals surface area contributed by atoms with Gasteiger partial charge in [0.2, 0.25) is 10.0 Å². The highest BCUT2D eigenvalue weighted by Gasteiger charge is 2.24. The fourth-order valence-corrected chi connectivity index (χ4v) is 5.87. The minimum absolute atomic E-state index is 0.0645. The van der Waals surface area contributed by atoms with Crippen molar-refractivity contribution in [3.8, 4) is 0 Å². The normalized spacial score (nSPS) is 12.7. The van der Waals surface area contributed by atoms with Crippen LogP contribution in [0, 0.1) is 5.82 Å². The van der Waals surface area contributed by atoms with Crippen LogP contribution in [0.2, 0.25) is 0 Å². The number of rotatable bonds is 11. The quantitative estimate of drug-likeness (QED) is 0.396. The Balaban J connectivity index is 1.90. The smallest absolute Gasteiger partial charge is 0.279 e. The summed E-state index contributed by atoms with van der Waals surface area (Å²) in [7, 11) is -0.784. The predicted molar refractivity (Wildman–Crippen MR) is 129 cm³/mol. The van der Waals surface area contributed by atoms with Crippen LogP contribution in [0.3, 0.4) is 0 Å². The van der Waals surface area contributed by atoms with Gasteiger partial charge in [0, 0.05) is 39.4 Å². The second-order valence-corrected chi connectivity index (χ2v) is 10.4. The van der Waals surface area contributed by atoms with E-state index in [1.807, 2.05) is 11.5 Å². The summed E-state index contributed by atoms with van der Waals surface area (Å²) in [5.74, 6) is -0.853. The first kappa shape index (κ1) is 26.2. The van der Waals surface area contributed by atoms with Crippen LogP contribution in [0.25, 0.3) is 10.2 Å². The molecule has 2 aromatic carbocycles. The maximum atomic E-state index is 13.7. The maximum absolute atomic E-state index is 13.7. The fourth-order valence-electron chi connectivity index (χ4n) is 3.38. The first-order valence-corrected chi connectivity index (χ1v) is 13.0. The van der Waals surface area contributed by atoms with E-state index >= 15 is 0 Å². The molecule has 0 radical (unpaired) electrons. The van der Waals surface area contributed by atoms with Crippen LogP contribution >= 0.6 is 11.3 Å². The lowest BCUT2D eigenvalue weighted by molar-refractivity contribution is 0.0997. The molecular weight excluding hydrogens is 481 g/mol. The minimum Gasteiger partial charge on any atom is -0.383 e. The average molecular weight is 510 g/mol. The molecule has 1 heterocycles. The molecule has 0 spiro atoms. The molecule has 3 aromatic rings. The van der Waals surface area contributed by atoms with Crippen LogP contribution < -0.4 is 4.80 Å². The number of thiazole rings is 1. The van der Waals surface area contributed by atoms with Crippen molar-refractivity contribution in [2.75, 3.05) is 40.5 Å². The lowest BCUT2D eigenvalue weighted by Crippen LogP contribution is -2.36. The molecule has 0 aliphatic rings. The Morgan fingerprint density at radius 3 is 2.32 bits per heavy atom. The first-order chi connectivity index (χ1) is 16.3. The zero-order valence-electron chi connectivity index (χ0n) is 19.4. The minimum atomic E-state index is -3.79. The Hall–Kier alpha value is -2.44. The van der Waals surface area contributed by atoms with Gasteiger partial charge in [-0.1, -0.05) is 18.3 Å². The van der Waals surface area contributed by atoms with E-state index in [0.717, 1.165) is 11.9 Å². The number of aromatic nitrogens is 1. The van der Waals surface area contributed by atoms with Crippen molar-refractivity contribution in [2.24, 2.45) is 4.99 Å². The van der Waals surface area contributed by atoms with Crippen molar-refractivity contribution in [3.05, 3.63) is 58.6 Å².